The summed E-state index contributed by atoms with van der Waals surface area (Å²) in [4.78, 5) is 5.63. The van der Waals surface area contributed by atoms with Crippen LogP contribution in [0.5, 0.6) is 5.75 Å². The third-order valence-corrected chi connectivity index (χ3v) is 4.03. The third kappa shape index (κ3) is 3.11. The van der Waals surface area contributed by atoms with Gasteiger partial charge in [-0.1, -0.05) is 18.2 Å². The molecule has 3 rings (SSSR count). The van der Waals surface area contributed by atoms with Gasteiger partial charge in [-0.25, -0.2) is 4.98 Å². The van der Waals surface area contributed by atoms with E-state index in [1.807, 2.05) is 54.6 Å². The van der Waals surface area contributed by atoms with Crippen molar-refractivity contribution in [1.29, 1.82) is 0 Å². The lowest BCUT2D eigenvalue weighted by Gasteiger charge is -2.09. The van der Waals surface area contributed by atoms with E-state index in [1.165, 1.54) is 4.90 Å². The molecule has 2 aromatic carbocycles. The molecule has 0 saturated heterocycles. The zero-order valence-electron chi connectivity index (χ0n) is 11.7. The molecule has 3 aromatic rings. The number of anilines is 1. The fourth-order valence-electron chi connectivity index (χ4n) is 2.12. The molecular weight excluding hydrogens is 280 g/mol. The molecule has 0 radical (unpaired) electrons. The number of hydrogen-bond donors (Lipinski definition) is 1. The highest BCUT2D eigenvalue weighted by molar-refractivity contribution is 7.98. The summed E-state index contributed by atoms with van der Waals surface area (Å²) in [6.07, 6.45) is 2.05. The number of fused-ring (bicyclic) bond motifs is 1. The van der Waals surface area contributed by atoms with Crippen LogP contribution in [0.3, 0.4) is 0 Å². The summed E-state index contributed by atoms with van der Waals surface area (Å²) >= 11 is 1.71. The van der Waals surface area contributed by atoms with Gasteiger partial charge in [-0.15, -0.1) is 11.8 Å². The maximum Gasteiger partial charge on any atom is 0.130 e. The minimum atomic E-state index is 0.419. The van der Waals surface area contributed by atoms with Gasteiger partial charge in [0.2, 0.25) is 0 Å². The van der Waals surface area contributed by atoms with Gasteiger partial charge in [0, 0.05) is 15.8 Å². The highest BCUT2D eigenvalue weighted by Gasteiger charge is 2.05. The van der Waals surface area contributed by atoms with E-state index in [2.05, 4.69) is 11.2 Å². The lowest BCUT2D eigenvalue weighted by molar-refractivity contribution is 0.306. The van der Waals surface area contributed by atoms with Crippen molar-refractivity contribution >= 4 is 28.5 Å². The topological polar surface area (TPSA) is 48.1 Å². The van der Waals surface area contributed by atoms with Crippen LogP contribution in [0.1, 0.15) is 5.56 Å². The smallest absolute Gasteiger partial charge is 0.130 e. The zero-order chi connectivity index (χ0) is 14.7. The molecule has 0 fully saturated rings. The molecule has 106 valence electrons. The molecule has 0 unspecified atom stereocenters. The highest BCUT2D eigenvalue weighted by atomic mass is 32.2. The number of benzene rings is 2. The monoisotopic (exact) mass is 296 g/mol. The summed E-state index contributed by atoms with van der Waals surface area (Å²) in [5, 5.41) is 1.07. The normalized spacial score (nSPS) is 10.7. The van der Waals surface area contributed by atoms with E-state index in [1.54, 1.807) is 11.8 Å². The molecule has 0 amide bonds. The van der Waals surface area contributed by atoms with E-state index in [0.29, 0.717) is 12.4 Å². The summed E-state index contributed by atoms with van der Waals surface area (Å²) in [6.45, 7) is 0.419. The van der Waals surface area contributed by atoms with Crippen molar-refractivity contribution in [3.05, 3.63) is 60.2 Å². The second-order valence-electron chi connectivity index (χ2n) is 4.69. The standard InChI is InChI=1S/C17H16N2OS/c1-21-15-8-6-14(7-9-15)20-11-13-10-12-4-2-3-5-16(12)19-17(13)18/h2-10H,11H2,1H3,(H2,18,19). The molecule has 0 aliphatic rings. The van der Waals surface area contributed by atoms with Crippen LogP contribution < -0.4 is 10.5 Å². The highest BCUT2D eigenvalue weighted by Crippen LogP contribution is 2.22. The Morgan fingerprint density at radius 3 is 2.62 bits per heavy atom. The third-order valence-electron chi connectivity index (χ3n) is 3.29. The van der Waals surface area contributed by atoms with Gasteiger partial charge in [0.05, 0.1) is 5.52 Å². The van der Waals surface area contributed by atoms with Crippen molar-refractivity contribution in [2.75, 3.05) is 12.0 Å². The Bertz CT molecular complexity index is 756. The lowest BCUT2D eigenvalue weighted by Crippen LogP contribution is -2.02. The summed E-state index contributed by atoms with van der Waals surface area (Å²) in [6, 6.07) is 18.0. The van der Waals surface area contributed by atoms with Gasteiger partial charge in [-0.2, -0.15) is 0 Å². The predicted octanol–water partition coefficient (Wildman–Crippen LogP) is 4.12. The Balaban J connectivity index is 1.79. The van der Waals surface area contributed by atoms with Gasteiger partial charge in [0.1, 0.15) is 18.2 Å². The number of rotatable bonds is 4. The van der Waals surface area contributed by atoms with Gasteiger partial charge < -0.3 is 10.5 Å². The molecule has 2 N–H and O–H groups in total. The largest absolute Gasteiger partial charge is 0.489 e. The fraction of sp³-hybridized carbons (Fsp3) is 0.118. The van der Waals surface area contributed by atoms with Crippen LogP contribution in [0.4, 0.5) is 5.82 Å². The average molecular weight is 296 g/mol. The van der Waals surface area contributed by atoms with E-state index in [9.17, 15) is 0 Å². The van der Waals surface area contributed by atoms with Crippen LogP contribution in [0, 0.1) is 0 Å². The summed E-state index contributed by atoms with van der Waals surface area (Å²) in [7, 11) is 0. The molecule has 1 heterocycles. The van der Waals surface area contributed by atoms with Gasteiger partial charge in [0.15, 0.2) is 0 Å². The van der Waals surface area contributed by atoms with Crippen LogP contribution in [-0.4, -0.2) is 11.2 Å². The first kappa shape index (κ1) is 13.8. The van der Waals surface area contributed by atoms with E-state index in [-0.39, 0.29) is 0 Å². The molecule has 0 aliphatic carbocycles. The molecule has 0 aliphatic heterocycles. The molecular formula is C17H16N2OS. The molecule has 21 heavy (non-hydrogen) atoms. The average Bonchev–Trinajstić information content (AvgIpc) is 2.53. The van der Waals surface area contributed by atoms with Gasteiger partial charge in [0.25, 0.3) is 0 Å². The Kier molecular flexibility index (Phi) is 3.97. The van der Waals surface area contributed by atoms with Crippen molar-refractivity contribution in [2.24, 2.45) is 0 Å². The first-order valence-electron chi connectivity index (χ1n) is 6.67. The van der Waals surface area contributed by atoms with E-state index >= 15 is 0 Å². The fourth-order valence-corrected chi connectivity index (χ4v) is 2.53. The van der Waals surface area contributed by atoms with Crippen molar-refractivity contribution < 1.29 is 4.74 Å². The quantitative estimate of drug-likeness (QED) is 0.736. The molecule has 0 bridgehead atoms. The number of nitrogens with zero attached hydrogens (tertiary/aromatic N) is 1. The van der Waals surface area contributed by atoms with E-state index in [4.69, 9.17) is 10.5 Å². The van der Waals surface area contributed by atoms with Crippen LogP contribution in [0.15, 0.2) is 59.5 Å². The van der Waals surface area contributed by atoms with E-state index in [0.717, 1.165) is 22.2 Å². The SMILES string of the molecule is CSc1ccc(OCc2cc3ccccc3nc2N)cc1. The number of thioether (sulfide) groups is 1. The number of hydrogen-bond acceptors (Lipinski definition) is 4. The van der Waals surface area contributed by atoms with Gasteiger partial charge >= 0.3 is 0 Å². The van der Waals surface area contributed by atoms with Crippen molar-refractivity contribution in [3.8, 4) is 5.75 Å². The first-order valence-corrected chi connectivity index (χ1v) is 7.90. The molecule has 3 nitrogen and oxygen atoms in total. The molecule has 4 heteroatoms. The molecule has 0 atom stereocenters. The number of nitrogen functional groups attached to an aromatic ring is 1. The summed E-state index contributed by atoms with van der Waals surface area (Å²) in [5.41, 5.74) is 7.81. The number of pyridine rings is 1. The lowest BCUT2D eigenvalue weighted by atomic mass is 10.1. The van der Waals surface area contributed by atoms with Crippen LogP contribution in [0.2, 0.25) is 0 Å². The number of ether oxygens (including phenoxy) is 1. The van der Waals surface area contributed by atoms with Crippen molar-refractivity contribution in [1.82, 2.24) is 4.98 Å². The van der Waals surface area contributed by atoms with Crippen LogP contribution in [-0.2, 0) is 6.61 Å². The summed E-state index contributed by atoms with van der Waals surface area (Å²) in [5.74, 6) is 1.36. The van der Waals surface area contributed by atoms with E-state index < -0.39 is 0 Å². The Morgan fingerprint density at radius 1 is 1.10 bits per heavy atom. The van der Waals surface area contributed by atoms with Gasteiger partial charge in [-0.05, 0) is 42.7 Å². The van der Waals surface area contributed by atoms with Gasteiger partial charge in [-0.3, -0.25) is 0 Å². The summed E-state index contributed by atoms with van der Waals surface area (Å²) < 4.78 is 5.79. The maximum atomic E-state index is 6.00. The molecule has 0 saturated carbocycles. The number of aromatic nitrogens is 1. The Morgan fingerprint density at radius 2 is 1.86 bits per heavy atom. The van der Waals surface area contributed by atoms with Crippen molar-refractivity contribution in [2.45, 2.75) is 11.5 Å². The van der Waals surface area contributed by atoms with Crippen LogP contribution >= 0.6 is 11.8 Å². The zero-order valence-corrected chi connectivity index (χ0v) is 12.6. The number of nitrogens with two attached hydrogens (primary N) is 1. The first-order chi connectivity index (χ1) is 10.3. The number of para-hydroxylation sites is 1. The Hall–Kier alpha value is -2.20. The molecule has 1 aromatic heterocycles. The second-order valence-corrected chi connectivity index (χ2v) is 5.57. The second kappa shape index (κ2) is 6.06. The minimum Gasteiger partial charge on any atom is -0.489 e. The maximum absolute atomic E-state index is 6.00. The minimum absolute atomic E-state index is 0.419. The molecule has 0 spiro atoms. The van der Waals surface area contributed by atoms with Crippen LogP contribution in [0.25, 0.3) is 10.9 Å². The van der Waals surface area contributed by atoms with Crippen molar-refractivity contribution in [3.63, 3.8) is 0 Å². The predicted molar refractivity (Wildman–Crippen MR) is 88.7 cm³/mol. The Labute approximate surface area is 128 Å².